The van der Waals surface area contributed by atoms with Gasteiger partial charge in [-0.25, -0.2) is 18.2 Å². The summed E-state index contributed by atoms with van der Waals surface area (Å²) in [6, 6.07) is 1.92. The topological polar surface area (TPSA) is 50.9 Å². The van der Waals surface area contributed by atoms with Gasteiger partial charge in [-0.05, 0) is 12.1 Å². The summed E-state index contributed by atoms with van der Waals surface area (Å²) in [5.74, 6) is -4.04. The van der Waals surface area contributed by atoms with Gasteiger partial charge in [0.15, 0.2) is 22.6 Å². The lowest BCUT2D eigenvalue weighted by molar-refractivity contribution is 0.449. The van der Waals surface area contributed by atoms with E-state index in [0.29, 0.717) is 10.1 Å². The summed E-state index contributed by atoms with van der Waals surface area (Å²) >= 11 is 1.07. The highest BCUT2D eigenvalue weighted by Gasteiger charge is 2.14. The second-order valence-electron chi connectivity index (χ2n) is 2.92. The fourth-order valence-corrected chi connectivity index (χ4v) is 1.68. The molecule has 1 heterocycles. The Labute approximate surface area is 92.7 Å². The summed E-state index contributed by atoms with van der Waals surface area (Å²) < 4.78 is 38.7. The predicted molar refractivity (Wildman–Crippen MR) is 56.1 cm³/mol. The van der Waals surface area contributed by atoms with Crippen LogP contribution in [0.3, 0.4) is 0 Å². The highest BCUT2D eigenvalue weighted by molar-refractivity contribution is 7.19. The van der Waals surface area contributed by atoms with Crippen LogP contribution in [0.4, 0.5) is 29.0 Å². The summed E-state index contributed by atoms with van der Waals surface area (Å²) in [7, 11) is 0. The Bertz CT molecular complexity index is 527. The van der Waals surface area contributed by atoms with Crippen molar-refractivity contribution in [1.82, 2.24) is 4.98 Å². The van der Waals surface area contributed by atoms with E-state index < -0.39 is 17.5 Å². The summed E-state index contributed by atoms with van der Waals surface area (Å²) in [5, 5.41) is 3.25. The largest absolute Gasteiger partial charge is 0.389 e. The molecule has 3 N–H and O–H groups in total. The number of anilines is 3. The van der Waals surface area contributed by atoms with Gasteiger partial charge in [-0.3, -0.25) is 0 Å². The molecular formula is C9H6F3N3S. The number of hydrogen-bond donors (Lipinski definition) is 2. The van der Waals surface area contributed by atoms with Crippen LogP contribution in [-0.4, -0.2) is 4.98 Å². The van der Waals surface area contributed by atoms with Crippen molar-refractivity contribution in [2.24, 2.45) is 0 Å². The molecular weight excluding hydrogens is 239 g/mol. The molecule has 0 aliphatic heterocycles. The zero-order valence-electron chi connectivity index (χ0n) is 7.80. The fraction of sp³-hybridized carbons (Fsp3) is 0. The minimum atomic E-state index is -1.52. The van der Waals surface area contributed by atoms with Crippen LogP contribution in [0.25, 0.3) is 0 Å². The van der Waals surface area contributed by atoms with Crippen molar-refractivity contribution >= 4 is 27.2 Å². The second kappa shape index (κ2) is 4.01. The molecule has 0 amide bonds. The number of nitrogen functional groups attached to an aromatic ring is 1. The number of aromatic nitrogens is 1. The average Bonchev–Trinajstić information content (AvgIpc) is 2.65. The van der Waals surface area contributed by atoms with Crippen LogP contribution < -0.4 is 11.1 Å². The molecule has 0 fully saturated rings. The first-order valence-electron chi connectivity index (χ1n) is 4.20. The van der Waals surface area contributed by atoms with Gasteiger partial charge in [0.2, 0.25) is 0 Å². The van der Waals surface area contributed by atoms with Crippen molar-refractivity contribution in [2.75, 3.05) is 11.1 Å². The minimum Gasteiger partial charge on any atom is -0.389 e. The maximum Gasteiger partial charge on any atom is 0.196 e. The number of hydrogen-bond acceptors (Lipinski definition) is 4. The highest BCUT2D eigenvalue weighted by atomic mass is 32.1. The molecule has 84 valence electrons. The normalized spacial score (nSPS) is 10.4. The average molecular weight is 245 g/mol. The molecule has 0 saturated heterocycles. The highest BCUT2D eigenvalue weighted by Crippen LogP contribution is 2.27. The van der Waals surface area contributed by atoms with Gasteiger partial charge in [0.1, 0.15) is 5.00 Å². The number of benzene rings is 1. The third-order valence-corrected chi connectivity index (χ3v) is 2.54. The smallest absolute Gasteiger partial charge is 0.196 e. The Morgan fingerprint density at radius 1 is 1.19 bits per heavy atom. The molecule has 2 rings (SSSR count). The van der Waals surface area contributed by atoms with E-state index in [1.807, 2.05) is 0 Å². The lowest BCUT2D eigenvalue weighted by Gasteiger charge is -2.04. The molecule has 0 aliphatic carbocycles. The summed E-state index contributed by atoms with van der Waals surface area (Å²) in [6.45, 7) is 0. The Morgan fingerprint density at radius 2 is 1.94 bits per heavy atom. The summed E-state index contributed by atoms with van der Waals surface area (Å²) in [4.78, 5) is 3.80. The minimum absolute atomic E-state index is 0.187. The molecule has 3 nitrogen and oxygen atoms in total. The number of nitrogens with two attached hydrogens (primary N) is 1. The maximum absolute atomic E-state index is 13.2. The first-order chi connectivity index (χ1) is 7.58. The molecule has 0 aliphatic rings. The molecule has 0 atom stereocenters. The lowest BCUT2D eigenvalue weighted by Crippen LogP contribution is -1.98. The van der Waals surface area contributed by atoms with Crippen LogP contribution in [-0.2, 0) is 0 Å². The van der Waals surface area contributed by atoms with Crippen molar-refractivity contribution in [1.29, 1.82) is 0 Å². The van der Waals surface area contributed by atoms with Gasteiger partial charge in [0.05, 0.1) is 11.9 Å². The van der Waals surface area contributed by atoms with E-state index in [1.54, 1.807) is 0 Å². The predicted octanol–water partition coefficient (Wildman–Crippen LogP) is 2.89. The van der Waals surface area contributed by atoms with Gasteiger partial charge < -0.3 is 11.1 Å². The molecule has 2 aromatic rings. The van der Waals surface area contributed by atoms with Crippen molar-refractivity contribution in [2.45, 2.75) is 0 Å². The van der Waals surface area contributed by atoms with E-state index in [1.165, 1.54) is 6.20 Å². The number of nitrogens with zero attached hydrogens (tertiary/aromatic N) is 1. The molecule has 1 aromatic carbocycles. The first kappa shape index (κ1) is 10.7. The molecule has 0 spiro atoms. The van der Waals surface area contributed by atoms with E-state index in [9.17, 15) is 13.2 Å². The number of halogens is 3. The molecule has 7 heteroatoms. The lowest BCUT2D eigenvalue weighted by atomic mass is 10.3. The Balaban J connectivity index is 2.32. The standard InChI is InChI=1S/C9H6F3N3S/c10-4-1-2-5(8(12)7(4)11)15-9-14-3-6(13)16-9/h1-3H,13H2,(H,14,15). The fourth-order valence-electron chi connectivity index (χ4n) is 1.08. The Kier molecular flexibility index (Phi) is 2.69. The van der Waals surface area contributed by atoms with Gasteiger partial charge in [-0.15, -0.1) is 0 Å². The quantitative estimate of drug-likeness (QED) is 0.800. The van der Waals surface area contributed by atoms with E-state index in [4.69, 9.17) is 5.73 Å². The van der Waals surface area contributed by atoms with Crippen LogP contribution in [0.2, 0.25) is 0 Å². The van der Waals surface area contributed by atoms with Gasteiger partial charge in [-0.1, -0.05) is 11.3 Å². The van der Waals surface area contributed by atoms with Crippen LogP contribution >= 0.6 is 11.3 Å². The first-order valence-corrected chi connectivity index (χ1v) is 5.01. The zero-order valence-corrected chi connectivity index (χ0v) is 8.62. The van der Waals surface area contributed by atoms with Crippen LogP contribution in [0.5, 0.6) is 0 Å². The molecule has 16 heavy (non-hydrogen) atoms. The van der Waals surface area contributed by atoms with Crippen LogP contribution in [0.15, 0.2) is 18.3 Å². The number of rotatable bonds is 2. The molecule has 0 saturated carbocycles. The molecule has 0 bridgehead atoms. The van der Waals surface area contributed by atoms with E-state index in [0.717, 1.165) is 23.5 Å². The van der Waals surface area contributed by atoms with Crippen molar-refractivity contribution < 1.29 is 13.2 Å². The maximum atomic E-state index is 13.2. The molecule has 0 radical (unpaired) electrons. The van der Waals surface area contributed by atoms with Gasteiger partial charge in [0, 0.05) is 0 Å². The van der Waals surface area contributed by atoms with Gasteiger partial charge >= 0.3 is 0 Å². The van der Waals surface area contributed by atoms with Crippen molar-refractivity contribution in [3.05, 3.63) is 35.8 Å². The zero-order chi connectivity index (χ0) is 11.7. The molecule has 1 aromatic heterocycles. The van der Waals surface area contributed by atoms with Gasteiger partial charge in [0.25, 0.3) is 0 Å². The Hall–Kier alpha value is -1.76. The monoisotopic (exact) mass is 245 g/mol. The Morgan fingerprint density at radius 3 is 2.56 bits per heavy atom. The van der Waals surface area contributed by atoms with Gasteiger partial charge in [-0.2, -0.15) is 0 Å². The summed E-state index contributed by atoms with van der Waals surface area (Å²) in [6.07, 6.45) is 1.38. The SMILES string of the molecule is Nc1cnc(Nc2ccc(F)c(F)c2F)s1. The van der Waals surface area contributed by atoms with Crippen molar-refractivity contribution in [3.63, 3.8) is 0 Å². The van der Waals surface area contributed by atoms with E-state index >= 15 is 0 Å². The third kappa shape index (κ3) is 1.94. The second-order valence-corrected chi connectivity index (χ2v) is 3.98. The van der Waals surface area contributed by atoms with Crippen LogP contribution in [0.1, 0.15) is 0 Å². The van der Waals surface area contributed by atoms with E-state index in [-0.39, 0.29) is 5.69 Å². The third-order valence-electron chi connectivity index (χ3n) is 1.80. The van der Waals surface area contributed by atoms with E-state index in [2.05, 4.69) is 10.3 Å². The summed E-state index contributed by atoms with van der Waals surface area (Å²) in [5.41, 5.74) is 5.23. The molecule has 0 unspecified atom stereocenters. The number of nitrogens with one attached hydrogen (secondary N) is 1. The number of thiazole rings is 1. The van der Waals surface area contributed by atoms with Crippen LogP contribution in [0, 0.1) is 17.5 Å². The van der Waals surface area contributed by atoms with Crippen molar-refractivity contribution in [3.8, 4) is 0 Å².